The van der Waals surface area contributed by atoms with Crippen LogP contribution in [-0.2, 0) is 30.6 Å². The number of halogens is 11. The molecule has 37 heteroatoms. The maximum absolute atomic E-state index is 13.3. The molecule has 1 aromatic heterocycles. The summed E-state index contributed by atoms with van der Waals surface area (Å²) in [6, 6.07) is 7.88. The number of alkyl halides is 1. The normalized spacial score (nSPS) is 9.53. The number of ether oxygens (including phenoxy) is 1. The molecule has 0 atom stereocenters. The van der Waals surface area contributed by atoms with Gasteiger partial charge in [-0.15, -0.1) is 0 Å². The van der Waals surface area contributed by atoms with E-state index >= 15 is 0 Å². The summed E-state index contributed by atoms with van der Waals surface area (Å²) in [5.74, 6) is -5.18. The third-order valence-corrected chi connectivity index (χ3v) is 9.52. The van der Waals surface area contributed by atoms with Crippen LogP contribution in [0.5, 0.6) is 0 Å². The van der Waals surface area contributed by atoms with E-state index in [0.29, 0.717) is 67.9 Å². The first kappa shape index (κ1) is 84.1. The van der Waals surface area contributed by atoms with E-state index in [4.69, 9.17) is 101 Å². The van der Waals surface area contributed by atoms with E-state index in [1.165, 1.54) is 22.8 Å². The zero-order valence-corrected chi connectivity index (χ0v) is 53.0. The van der Waals surface area contributed by atoms with E-state index in [2.05, 4.69) is 25.2 Å². The molecule has 5 aromatic rings. The number of hydrogen-bond acceptors (Lipinski definition) is 20. The molecule has 0 aliphatic carbocycles. The van der Waals surface area contributed by atoms with E-state index in [-0.39, 0.29) is 182 Å². The molecule has 0 spiro atoms. The number of benzene rings is 4. The Morgan fingerprint density at radius 2 is 1.17 bits per heavy atom. The van der Waals surface area contributed by atoms with Crippen LogP contribution in [0.15, 0.2) is 58.1 Å². The number of anilines is 3. The number of H-pyrrole nitrogens is 1. The first-order chi connectivity index (χ1) is 37.7. The molecule has 1 heterocycles. The molecule has 0 saturated carbocycles. The van der Waals surface area contributed by atoms with E-state index in [9.17, 15) is 65.7 Å². The van der Waals surface area contributed by atoms with Crippen LogP contribution in [0.2, 0.25) is 20.1 Å². The fourth-order valence-corrected chi connectivity index (χ4v) is 5.49. The van der Waals surface area contributed by atoms with Crippen LogP contribution in [0.4, 0.5) is 54.8 Å². The summed E-state index contributed by atoms with van der Waals surface area (Å²) >= 11 is 26.6. The number of aryl methyl sites for hydroxylation is 1. The van der Waals surface area contributed by atoms with Crippen LogP contribution < -0.4 is 141 Å². The average molecular weight is 1320 g/mol. The smallest absolute Gasteiger partial charge is 1.00 e. The predicted octanol–water partition coefficient (Wildman–Crippen LogP) is 0.212. The quantitative estimate of drug-likeness (QED) is 0.00460. The number of nitro benzene ring substituents is 2. The Kier molecular flexibility index (Phi) is 53.1. The van der Waals surface area contributed by atoms with Gasteiger partial charge in [0.2, 0.25) is 5.82 Å². The minimum atomic E-state index is -1.15. The van der Waals surface area contributed by atoms with Gasteiger partial charge in [-0.1, -0.05) is 46.4 Å². The van der Waals surface area contributed by atoms with Crippen molar-refractivity contribution in [1.29, 1.82) is 0 Å². The Morgan fingerprint density at radius 3 is 1.58 bits per heavy atom. The maximum Gasteiger partial charge on any atom is 1.00 e. The van der Waals surface area contributed by atoms with Crippen LogP contribution in [-0.4, -0.2) is 117 Å². The Morgan fingerprint density at radius 1 is 0.753 bits per heavy atom. The number of nitrogens with one attached hydrogen (secondary N) is 3. The standard InChI is InChI=1S/C11H10ClFN2O3.C9H10ClFN2O3.C9H12ClFN2O.C6H2ClF2NO2.C4H5ClO3.C3H9NO.CH3F.CH2O3.2K.H/c12-6-4-9-8(5-7(6)13)14-10(17)11(18)15(9)2-1-3-16;10-6-4-8(12-2-1-3-14)9(13(15)16)5-7(6)11;10-6-4-9(13-2-1-3-14)8(12)5-7(6)11;7-3-1-5(9)6(10(11)12)2-4(3)8;1-2-8-4(7)3(5)6;4-2-1-3-5;1-2;2-1-4-3;;;/h4-5,16H,1-3H2,(H,14,17);4-5,12,14H,1-3H2;4-5,13-14H,1-3,12H2;1-2H;2H2,1H3;5H,1-4H2;1H3;1,3H;;;/q;;;;;;;;2*+1;-1/p-1/i;;;;;;1D;;;;. The van der Waals surface area contributed by atoms with Crippen molar-refractivity contribution in [2.24, 2.45) is 5.73 Å². The van der Waals surface area contributed by atoms with Crippen LogP contribution in [0, 0.1) is 49.3 Å². The molecule has 444 valence electrons. The molecule has 0 radical (unpaired) electrons. The minimum Gasteiger partial charge on any atom is -1.00 e. The zero-order valence-electron chi connectivity index (χ0n) is 44.9. The number of nitro groups is 2. The van der Waals surface area contributed by atoms with Crippen molar-refractivity contribution in [2.45, 2.75) is 39.2 Å². The molecular formula is C44H53Cl5F6K2N8O16. The SMILES string of the molecule is CCOC(=O)C(=O)Cl.NCCCO.Nc1cc(F)c(Cl)cc1NCCCO.O=CO[O-].O=[N+]([O-])c1cc(F)c(Cl)cc1F.O=[N+]([O-])c1cc(F)c(Cl)cc1NCCCO.O=c1[nH]c2cc(F)c(Cl)cc2n(CCCO)c1=O.[2H]CF.[H-].[K+].[K+]. The second kappa shape index (κ2) is 51.1. The topological polar surface area (TPSA) is 391 Å². The van der Waals surface area contributed by atoms with Gasteiger partial charge < -0.3 is 68.4 Å². The number of carbonyl (C=O) groups is 3. The molecule has 0 unspecified atom stereocenters. The Labute approximate surface area is 569 Å². The molecule has 0 amide bonds. The Balaban J connectivity index is -0.000000214. The second-order valence-electron chi connectivity index (χ2n) is 13.7. The largest absolute Gasteiger partial charge is 1.00 e. The van der Waals surface area contributed by atoms with Gasteiger partial charge in [0.05, 0.1) is 79.6 Å². The summed E-state index contributed by atoms with van der Waals surface area (Å²) < 4.78 is 85.1. The van der Waals surface area contributed by atoms with E-state index in [1.54, 1.807) is 6.92 Å². The van der Waals surface area contributed by atoms with E-state index < -0.39 is 79.1 Å². The molecule has 4 aromatic carbocycles. The van der Waals surface area contributed by atoms with Crippen molar-refractivity contribution in [3.63, 3.8) is 0 Å². The number of nitrogen functional groups attached to an aromatic ring is 1. The summed E-state index contributed by atoms with van der Waals surface area (Å²) in [7, 11) is -1.00. The average Bonchev–Trinajstić information content (AvgIpc) is 3.40. The monoisotopic (exact) mass is 1320 g/mol. The van der Waals surface area contributed by atoms with Crippen molar-refractivity contribution >= 4 is 115 Å². The molecule has 24 nitrogen and oxygen atoms in total. The Hall–Kier alpha value is -3.31. The number of rotatable bonds is 18. The number of hydrogen-bond donors (Lipinski definition) is 9. The van der Waals surface area contributed by atoms with Crippen molar-refractivity contribution in [2.75, 3.05) is 76.2 Å². The first-order valence-corrected chi connectivity index (χ1v) is 23.4. The van der Waals surface area contributed by atoms with E-state index in [0.717, 1.165) is 24.6 Å². The van der Waals surface area contributed by atoms with Crippen LogP contribution in [0.1, 0.15) is 35.4 Å². The van der Waals surface area contributed by atoms with Crippen LogP contribution in [0.3, 0.4) is 0 Å². The third-order valence-electron chi connectivity index (χ3n) is 8.21. The summed E-state index contributed by atoms with van der Waals surface area (Å²) in [6.07, 6.45) is 2.08. The van der Waals surface area contributed by atoms with Gasteiger partial charge in [0.25, 0.3) is 12.2 Å². The molecule has 0 saturated heterocycles. The summed E-state index contributed by atoms with van der Waals surface area (Å²) in [4.78, 5) is 75.5. The molecule has 5 rings (SSSR count). The zero-order chi connectivity index (χ0) is 62.1. The number of aromatic amines is 1. The van der Waals surface area contributed by atoms with Crippen molar-refractivity contribution in [3.05, 3.63) is 139 Å². The van der Waals surface area contributed by atoms with Crippen molar-refractivity contribution in [3.8, 4) is 0 Å². The van der Waals surface area contributed by atoms with Gasteiger partial charge in [-0.05, 0) is 69.0 Å². The van der Waals surface area contributed by atoms with Gasteiger partial charge in [0, 0.05) is 64.3 Å². The van der Waals surface area contributed by atoms with E-state index in [1.807, 2.05) is 0 Å². The number of fused-ring (bicyclic) bond motifs is 1. The molecule has 11 N–H and O–H groups in total. The van der Waals surface area contributed by atoms with Crippen LogP contribution in [0.25, 0.3) is 11.0 Å². The molecule has 0 aliphatic heterocycles. The minimum absolute atomic E-state index is 0. The van der Waals surface area contributed by atoms with Crippen molar-refractivity contribution in [1.82, 2.24) is 9.55 Å². The number of aliphatic hydroxyl groups excluding tert-OH is 4. The summed E-state index contributed by atoms with van der Waals surface area (Å²) in [5.41, 5.74) is 9.22. The third kappa shape index (κ3) is 36.2. The number of nitrogens with zero attached hydrogens (tertiary/aromatic N) is 3. The van der Waals surface area contributed by atoms with Crippen molar-refractivity contribution < 1.29 is 191 Å². The summed E-state index contributed by atoms with van der Waals surface area (Å²) in [5, 5.41) is 66.8. The number of aromatic nitrogens is 2. The summed E-state index contributed by atoms with van der Waals surface area (Å²) in [6.45, 7) is 3.44. The molecular weight excluding hydrogens is 1270 g/mol. The number of esters is 1. The first-order valence-electron chi connectivity index (χ1n) is 22.2. The van der Waals surface area contributed by atoms with Gasteiger partial charge in [0.15, 0.2) is 0 Å². The predicted molar refractivity (Wildman–Crippen MR) is 281 cm³/mol. The second-order valence-corrected chi connectivity index (χ2v) is 15.7. The number of carbonyl (C=O) groups excluding carboxylic acids is 3. The molecule has 0 fully saturated rings. The molecule has 0 aliphatic rings. The Bertz CT molecular complexity index is 2860. The molecule has 81 heavy (non-hydrogen) atoms. The number of aliphatic hydroxyl groups is 4. The maximum atomic E-state index is 13.3. The van der Waals surface area contributed by atoms with Gasteiger partial charge >= 0.3 is 131 Å². The fraction of sp³-hybridized carbons (Fsp3) is 0.341. The molecule has 0 bridgehead atoms. The number of nitrogens with two attached hydrogens (primary N) is 2. The fourth-order valence-electron chi connectivity index (χ4n) is 4.80. The van der Waals surface area contributed by atoms with Gasteiger partial charge in [-0.2, -0.15) is 4.39 Å². The van der Waals surface area contributed by atoms with Gasteiger partial charge in [-0.25, -0.2) is 22.4 Å². The van der Waals surface area contributed by atoms with Crippen LogP contribution >= 0.6 is 58.0 Å². The van der Waals surface area contributed by atoms with Gasteiger partial charge in [-0.3, -0.25) is 43.8 Å². The van der Waals surface area contributed by atoms with Gasteiger partial charge in [0.1, 0.15) is 29.0 Å².